The molecule has 1 aromatic rings. The highest BCUT2D eigenvalue weighted by Crippen LogP contribution is 2.20. The third kappa shape index (κ3) is 3.86. The minimum atomic E-state index is -1.22. The zero-order chi connectivity index (χ0) is 11.6. The molecular weight excluding hydrogens is 296 g/mol. The van der Waals surface area contributed by atoms with Gasteiger partial charge in [0.1, 0.15) is 31.4 Å². The number of hydrogen-bond acceptors (Lipinski definition) is 4. The Kier molecular flexibility index (Phi) is 4.34. The van der Waals surface area contributed by atoms with Gasteiger partial charge in [-0.25, -0.2) is 4.98 Å². The van der Waals surface area contributed by atoms with Crippen LogP contribution < -0.4 is 0 Å². The monoisotopic (exact) mass is 308 g/mol. The van der Waals surface area contributed by atoms with E-state index in [0.717, 1.165) is 15.3 Å². The number of hydrogen-bond donors (Lipinski definition) is 0. The summed E-state index contributed by atoms with van der Waals surface area (Å²) < 4.78 is 16.4. The molecule has 1 unspecified atom stereocenters. The molecular formula is C9H13BrN2OS2. The average molecular weight is 309 g/mol. The lowest BCUT2D eigenvalue weighted by atomic mass is 10.3. The summed E-state index contributed by atoms with van der Waals surface area (Å²) >= 11 is 3.54. The van der Waals surface area contributed by atoms with Gasteiger partial charge in [-0.3, -0.25) is 0 Å². The summed E-state index contributed by atoms with van der Waals surface area (Å²) in [6.07, 6.45) is 0. The third-order valence-electron chi connectivity index (χ3n) is 1.53. The van der Waals surface area contributed by atoms with Gasteiger partial charge in [0.05, 0.1) is 0 Å². The standard InChI is InChI=1S/C9H13BrN2OS2/c1-6(8-11-7(10)5-14-8)12-15(13)9(2,3)4/h5H,1-4H3/b12-6-. The van der Waals surface area contributed by atoms with Crippen molar-refractivity contribution in [3.8, 4) is 0 Å². The molecule has 0 aliphatic rings. The molecule has 84 valence electrons. The van der Waals surface area contributed by atoms with E-state index in [1.54, 1.807) is 0 Å². The van der Waals surface area contributed by atoms with E-state index in [2.05, 4.69) is 25.3 Å². The van der Waals surface area contributed by atoms with E-state index in [-0.39, 0.29) is 4.75 Å². The summed E-state index contributed by atoms with van der Waals surface area (Å²) in [4.78, 5) is 4.22. The first-order valence-electron chi connectivity index (χ1n) is 4.39. The molecule has 1 heterocycles. The smallest absolute Gasteiger partial charge is 0.144 e. The van der Waals surface area contributed by atoms with E-state index in [1.165, 1.54) is 11.3 Å². The summed E-state index contributed by atoms with van der Waals surface area (Å²) in [5.74, 6) is 0. The van der Waals surface area contributed by atoms with Crippen LogP contribution in [0.3, 0.4) is 0 Å². The molecule has 15 heavy (non-hydrogen) atoms. The van der Waals surface area contributed by atoms with E-state index in [0.29, 0.717) is 0 Å². The molecule has 6 heteroatoms. The van der Waals surface area contributed by atoms with Gasteiger partial charge in [0, 0.05) is 5.38 Å². The Morgan fingerprint density at radius 2 is 2.20 bits per heavy atom. The van der Waals surface area contributed by atoms with Crippen molar-refractivity contribution >= 4 is 44.3 Å². The Balaban J connectivity index is 2.85. The molecule has 0 spiro atoms. The van der Waals surface area contributed by atoms with Gasteiger partial charge < -0.3 is 4.55 Å². The first-order chi connectivity index (χ1) is 6.80. The maximum Gasteiger partial charge on any atom is 0.144 e. The molecule has 0 N–H and O–H groups in total. The highest BCUT2D eigenvalue weighted by atomic mass is 79.9. The molecule has 0 aliphatic carbocycles. The Morgan fingerprint density at radius 1 is 1.60 bits per heavy atom. The van der Waals surface area contributed by atoms with Crippen LogP contribution in [0.1, 0.15) is 32.7 Å². The van der Waals surface area contributed by atoms with E-state index >= 15 is 0 Å². The van der Waals surface area contributed by atoms with E-state index in [4.69, 9.17) is 0 Å². The first-order valence-corrected chi connectivity index (χ1v) is 7.17. The van der Waals surface area contributed by atoms with Crippen molar-refractivity contribution in [1.29, 1.82) is 0 Å². The molecule has 0 aliphatic heterocycles. The highest BCUT2D eigenvalue weighted by Gasteiger charge is 2.27. The average Bonchev–Trinajstić information content (AvgIpc) is 2.50. The minimum absolute atomic E-state index is 0.324. The van der Waals surface area contributed by atoms with Crippen molar-refractivity contribution in [2.75, 3.05) is 0 Å². The van der Waals surface area contributed by atoms with Crippen LogP contribution in [0.5, 0.6) is 0 Å². The fraction of sp³-hybridized carbons (Fsp3) is 0.556. The number of halogens is 1. The van der Waals surface area contributed by atoms with Gasteiger partial charge in [-0.05, 0) is 43.6 Å². The number of thiazole rings is 1. The Hall–Kier alpha value is 0.0900. The summed E-state index contributed by atoms with van der Waals surface area (Å²) in [6, 6.07) is 0. The largest absolute Gasteiger partial charge is 0.591 e. The summed E-state index contributed by atoms with van der Waals surface area (Å²) in [5.41, 5.74) is 0.721. The van der Waals surface area contributed by atoms with E-state index < -0.39 is 11.4 Å². The topological polar surface area (TPSA) is 48.3 Å². The van der Waals surface area contributed by atoms with Crippen LogP contribution >= 0.6 is 27.3 Å². The van der Waals surface area contributed by atoms with Crippen molar-refractivity contribution < 1.29 is 4.55 Å². The van der Waals surface area contributed by atoms with Crippen molar-refractivity contribution in [3.05, 3.63) is 15.0 Å². The van der Waals surface area contributed by atoms with Crippen LogP contribution in [0.15, 0.2) is 14.4 Å². The molecule has 1 aromatic heterocycles. The molecule has 0 amide bonds. The second-order valence-corrected chi connectivity index (χ2v) is 7.59. The number of aromatic nitrogens is 1. The Labute approximate surface area is 105 Å². The second-order valence-electron chi connectivity index (χ2n) is 4.01. The summed E-state index contributed by atoms with van der Waals surface area (Å²) in [5, 5.41) is 2.69. The third-order valence-corrected chi connectivity index (χ3v) is 4.68. The lowest BCUT2D eigenvalue weighted by Gasteiger charge is -2.18. The van der Waals surface area contributed by atoms with Gasteiger partial charge in [-0.15, -0.1) is 11.3 Å². The fourth-order valence-electron chi connectivity index (χ4n) is 0.721. The van der Waals surface area contributed by atoms with Crippen LogP contribution in [0, 0.1) is 0 Å². The van der Waals surface area contributed by atoms with Crippen LogP contribution in [0.2, 0.25) is 0 Å². The molecule has 1 atom stereocenters. The van der Waals surface area contributed by atoms with Crippen molar-refractivity contribution in [2.45, 2.75) is 32.4 Å². The lowest BCUT2D eigenvalue weighted by Crippen LogP contribution is -2.26. The van der Waals surface area contributed by atoms with Crippen LogP contribution in [0.4, 0.5) is 0 Å². The first kappa shape index (κ1) is 13.2. The molecule has 0 saturated heterocycles. The fourth-order valence-corrected chi connectivity index (χ4v) is 2.59. The Bertz CT molecular complexity index is 370. The van der Waals surface area contributed by atoms with Gasteiger partial charge >= 0.3 is 0 Å². The number of rotatable bonds is 2. The normalized spacial score (nSPS) is 15.5. The van der Waals surface area contributed by atoms with E-state index in [1.807, 2.05) is 33.1 Å². The van der Waals surface area contributed by atoms with Crippen molar-refractivity contribution in [3.63, 3.8) is 0 Å². The minimum Gasteiger partial charge on any atom is -0.591 e. The Morgan fingerprint density at radius 3 is 2.60 bits per heavy atom. The molecule has 0 fully saturated rings. The number of nitrogens with zero attached hydrogens (tertiary/aromatic N) is 2. The molecule has 0 radical (unpaired) electrons. The SMILES string of the molecule is C/C(=N/[S+]([O-])C(C)(C)C)c1nc(Br)cs1. The molecule has 0 saturated carbocycles. The quantitative estimate of drug-likeness (QED) is 0.622. The predicted molar refractivity (Wildman–Crippen MR) is 69.9 cm³/mol. The summed E-state index contributed by atoms with van der Waals surface area (Å²) in [6.45, 7) is 7.53. The highest BCUT2D eigenvalue weighted by molar-refractivity contribution is 9.10. The van der Waals surface area contributed by atoms with Gasteiger partial charge in [-0.2, -0.15) is 0 Å². The summed E-state index contributed by atoms with van der Waals surface area (Å²) in [7, 11) is 0. The van der Waals surface area contributed by atoms with Gasteiger partial charge in [0.25, 0.3) is 0 Å². The van der Waals surface area contributed by atoms with Crippen molar-refractivity contribution in [2.24, 2.45) is 4.40 Å². The maximum atomic E-state index is 11.7. The van der Waals surface area contributed by atoms with Crippen molar-refractivity contribution in [1.82, 2.24) is 4.98 Å². The van der Waals surface area contributed by atoms with Gasteiger partial charge in [0.2, 0.25) is 0 Å². The van der Waals surface area contributed by atoms with Crippen LogP contribution in [-0.4, -0.2) is 20.0 Å². The second kappa shape index (κ2) is 4.95. The molecule has 3 nitrogen and oxygen atoms in total. The van der Waals surface area contributed by atoms with Crippen LogP contribution in [0.25, 0.3) is 0 Å². The lowest BCUT2D eigenvalue weighted by molar-refractivity contribution is 0.561. The molecule has 0 bridgehead atoms. The predicted octanol–water partition coefficient (Wildman–Crippen LogP) is 3.18. The maximum absolute atomic E-state index is 11.7. The molecule has 1 rings (SSSR count). The zero-order valence-corrected chi connectivity index (χ0v) is 12.3. The van der Waals surface area contributed by atoms with E-state index in [9.17, 15) is 4.55 Å². The zero-order valence-electron chi connectivity index (χ0n) is 9.07. The molecule has 0 aromatic carbocycles. The van der Waals surface area contributed by atoms with Gasteiger partial charge in [0.15, 0.2) is 0 Å². The van der Waals surface area contributed by atoms with Crippen LogP contribution in [-0.2, 0) is 11.4 Å². The van der Waals surface area contributed by atoms with Gasteiger partial charge in [-0.1, -0.05) is 4.40 Å².